The first-order chi connectivity index (χ1) is 6.59. The molecule has 0 bridgehead atoms. The Kier molecular flexibility index (Phi) is 3.64. The van der Waals surface area contributed by atoms with Gasteiger partial charge in [-0.1, -0.05) is 12.2 Å². The smallest absolute Gasteiger partial charge is 0.229 e. The minimum absolute atomic E-state index is 0.103. The summed E-state index contributed by atoms with van der Waals surface area (Å²) in [5.41, 5.74) is 5.27. The van der Waals surface area contributed by atoms with Crippen LogP contribution in [-0.2, 0) is 11.3 Å². The molecule has 0 unspecified atom stereocenters. The average molecular weight is 212 g/mol. The molecule has 14 heavy (non-hydrogen) atoms. The van der Waals surface area contributed by atoms with Gasteiger partial charge < -0.3 is 15.1 Å². The normalized spacial score (nSPS) is 9.79. The Morgan fingerprint density at radius 1 is 1.71 bits per heavy atom. The summed E-state index contributed by atoms with van der Waals surface area (Å²) < 4.78 is 5.10. The molecular weight excluding hydrogens is 200 g/mol. The third-order valence-corrected chi connectivity index (χ3v) is 1.87. The zero-order valence-electron chi connectivity index (χ0n) is 7.90. The zero-order chi connectivity index (χ0) is 10.6. The number of thiocarbonyl (C=S) groups is 1. The van der Waals surface area contributed by atoms with Crippen LogP contribution in [0.5, 0.6) is 0 Å². The Morgan fingerprint density at radius 2 is 2.43 bits per heavy atom. The summed E-state index contributed by atoms with van der Waals surface area (Å²) in [5, 5.41) is 0. The lowest BCUT2D eigenvalue weighted by molar-refractivity contribution is -0.129. The lowest BCUT2D eigenvalue weighted by Crippen LogP contribution is -2.29. The summed E-state index contributed by atoms with van der Waals surface area (Å²) in [5.74, 6) is 0.637. The van der Waals surface area contributed by atoms with E-state index >= 15 is 0 Å². The van der Waals surface area contributed by atoms with E-state index < -0.39 is 0 Å². The molecule has 2 N–H and O–H groups in total. The Morgan fingerprint density at radius 3 is 2.93 bits per heavy atom. The quantitative estimate of drug-likeness (QED) is 0.754. The Bertz CT molecular complexity index is 322. The fourth-order valence-electron chi connectivity index (χ4n) is 1.01. The number of hydrogen-bond donors (Lipinski definition) is 1. The summed E-state index contributed by atoms with van der Waals surface area (Å²) in [6.45, 7) is 0.439. The Hall–Kier alpha value is -1.36. The van der Waals surface area contributed by atoms with E-state index in [-0.39, 0.29) is 17.3 Å². The molecule has 0 aliphatic carbocycles. The largest absolute Gasteiger partial charge is 0.467 e. The van der Waals surface area contributed by atoms with Gasteiger partial charge in [-0.25, -0.2) is 0 Å². The van der Waals surface area contributed by atoms with Crippen LogP contribution in [0.1, 0.15) is 12.2 Å². The van der Waals surface area contributed by atoms with Crippen molar-refractivity contribution >= 4 is 23.1 Å². The van der Waals surface area contributed by atoms with Gasteiger partial charge in [0.25, 0.3) is 0 Å². The summed E-state index contributed by atoms with van der Waals surface area (Å²) in [6.07, 6.45) is 1.67. The highest BCUT2D eigenvalue weighted by Crippen LogP contribution is 2.04. The van der Waals surface area contributed by atoms with E-state index in [0.29, 0.717) is 6.54 Å². The molecule has 1 amide bonds. The van der Waals surface area contributed by atoms with Gasteiger partial charge in [-0.2, -0.15) is 0 Å². The maximum absolute atomic E-state index is 11.4. The van der Waals surface area contributed by atoms with Gasteiger partial charge in [0.15, 0.2) is 0 Å². The molecule has 1 rings (SSSR count). The van der Waals surface area contributed by atoms with Gasteiger partial charge in [0.1, 0.15) is 5.76 Å². The minimum atomic E-state index is -0.103. The van der Waals surface area contributed by atoms with Crippen LogP contribution >= 0.6 is 12.2 Å². The van der Waals surface area contributed by atoms with E-state index in [4.69, 9.17) is 10.2 Å². The lowest BCUT2D eigenvalue weighted by atomic mass is 10.3. The van der Waals surface area contributed by atoms with Crippen molar-refractivity contribution in [3.8, 4) is 0 Å². The highest BCUT2D eigenvalue weighted by atomic mass is 32.1. The molecule has 0 radical (unpaired) electrons. The van der Waals surface area contributed by atoms with Gasteiger partial charge in [0.2, 0.25) is 5.91 Å². The van der Waals surface area contributed by atoms with Gasteiger partial charge in [-0.15, -0.1) is 0 Å². The first-order valence-corrected chi connectivity index (χ1v) is 4.55. The predicted molar refractivity (Wildman–Crippen MR) is 56.6 cm³/mol. The number of furan rings is 1. The van der Waals surface area contributed by atoms with E-state index in [1.807, 2.05) is 6.07 Å². The molecule has 4 nitrogen and oxygen atoms in total. The van der Waals surface area contributed by atoms with Gasteiger partial charge in [0, 0.05) is 7.05 Å². The number of rotatable bonds is 4. The molecule has 0 atom stereocenters. The van der Waals surface area contributed by atoms with E-state index in [9.17, 15) is 4.79 Å². The lowest BCUT2D eigenvalue weighted by Gasteiger charge is -2.14. The van der Waals surface area contributed by atoms with Crippen LogP contribution in [0, 0.1) is 0 Å². The van der Waals surface area contributed by atoms with Crippen LogP contribution < -0.4 is 5.73 Å². The van der Waals surface area contributed by atoms with Gasteiger partial charge >= 0.3 is 0 Å². The standard InChI is InChI=1S/C9H12N2O2S/c1-11(9(12)5-8(10)14)6-7-3-2-4-13-7/h2-4H,5-6H2,1H3,(H2,10,14). The molecule has 0 aliphatic rings. The third-order valence-electron chi connectivity index (χ3n) is 1.72. The van der Waals surface area contributed by atoms with Crippen LogP contribution in [0.2, 0.25) is 0 Å². The topological polar surface area (TPSA) is 59.5 Å². The minimum Gasteiger partial charge on any atom is -0.467 e. The van der Waals surface area contributed by atoms with Crippen molar-refractivity contribution in [2.24, 2.45) is 5.73 Å². The van der Waals surface area contributed by atoms with Gasteiger partial charge in [-0.3, -0.25) is 4.79 Å². The second kappa shape index (κ2) is 4.76. The fraction of sp³-hybridized carbons (Fsp3) is 0.333. The predicted octanol–water partition coefficient (Wildman–Crippen LogP) is 0.914. The fourth-order valence-corrected chi connectivity index (χ4v) is 1.13. The van der Waals surface area contributed by atoms with Crippen LogP contribution in [0.4, 0.5) is 0 Å². The third kappa shape index (κ3) is 3.18. The van der Waals surface area contributed by atoms with Crippen LogP contribution in [0.3, 0.4) is 0 Å². The van der Waals surface area contributed by atoms with E-state index in [0.717, 1.165) is 5.76 Å². The van der Waals surface area contributed by atoms with Crippen molar-refractivity contribution in [1.82, 2.24) is 4.90 Å². The molecule has 0 aliphatic heterocycles. The summed E-state index contributed by atoms with van der Waals surface area (Å²) >= 11 is 4.65. The van der Waals surface area contributed by atoms with Crippen LogP contribution in [-0.4, -0.2) is 22.8 Å². The number of carbonyl (C=O) groups is 1. The maximum atomic E-state index is 11.4. The average Bonchev–Trinajstić information content (AvgIpc) is 2.55. The zero-order valence-corrected chi connectivity index (χ0v) is 8.71. The molecule has 0 aromatic carbocycles. The van der Waals surface area contributed by atoms with Crippen molar-refractivity contribution in [3.05, 3.63) is 24.2 Å². The number of nitrogens with zero attached hydrogens (tertiary/aromatic N) is 1. The molecular formula is C9H12N2O2S. The monoisotopic (exact) mass is 212 g/mol. The second-order valence-corrected chi connectivity index (χ2v) is 3.50. The Balaban J connectivity index is 2.46. The maximum Gasteiger partial charge on any atom is 0.229 e. The molecule has 1 aromatic heterocycles. The molecule has 1 aromatic rings. The first-order valence-electron chi connectivity index (χ1n) is 4.14. The highest BCUT2D eigenvalue weighted by molar-refractivity contribution is 7.80. The number of hydrogen-bond acceptors (Lipinski definition) is 3. The molecule has 0 saturated carbocycles. The van der Waals surface area contributed by atoms with Crippen molar-refractivity contribution < 1.29 is 9.21 Å². The highest BCUT2D eigenvalue weighted by Gasteiger charge is 2.11. The first kappa shape index (κ1) is 10.7. The molecule has 0 fully saturated rings. The molecule has 76 valence electrons. The number of carbonyl (C=O) groups excluding carboxylic acids is 1. The van der Waals surface area contributed by atoms with Crippen molar-refractivity contribution in [3.63, 3.8) is 0 Å². The van der Waals surface area contributed by atoms with Crippen LogP contribution in [0.25, 0.3) is 0 Å². The molecule has 0 saturated heterocycles. The number of nitrogens with two attached hydrogens (primary N) is 1. The van der Waals surface area contributed by atoms with Crippen LogP contribution in [0.15, 0.2) is 22.8 Å². The second-order valence-electron chi connectivity index (χ2n) is 2.97. The van der Waals surface area contributed by atoms with Gasteiger partial charge in [0.05, 0.1) is 24.2 Å². The van der Waals surface area contributed by atoms with Gasteiger partial charge in [-0.05, 0) is 12.1 Å². The number of amides is 1. The molecule has 1 heterocycles. The summed E-state index contributed by atoms with van der Waals surface area (Å²) in [7, 11) is 1.68. The van der Waals surface area contributed by atoms with E-state index in [2.05, 4.69) is 12.2 Å². The summed E-state index contributed by atoms with van der Waals surface area (Å²) in [4.78, 5) is 13.1. The van der Waals surface area contributed by atoms with Crippen molar-refractivity contribution in [2.75, 3.05) is 7.05 Å². The SMILES string of the molecule is CN(Cc1ccco1)C(=O)CC(N)=S. The van der Waals surface area contributed by atoms with Crippen molar-refractivity contribution in [2.45, 2.75) is 13.0 Å². The van der Waals surface area contributed by atoms with Crippen molar-refractivity contribution in [1.29, 1.82) is 0 Å². The summed E-state index contributed by atoms with van der Waals surface area (Å²) in [6, 6.07) is 3.59. The van der Waals surface area contributed by atoms with E-state index in [1.165, 1.54) is 4.90 Å². The van der Waals surface area contributed by atoms with E-state index in [1.54, 1.807) is 19.4 Å². The molecule has 5 heteroatoms. The molecule has 0 spiro atoms. The Labute approximate surface area is 87.7 Å².